The molecule has 692 valence electrons. The Morgan fingerprint density at radius 1 is 0.151 bits per heavy atom. The molecular formula is C108H210Na3O7P. The first-order chi connectivity index (χ1) is 57.2. The van der Waals surface area contributed by atoms with Gasteiger partial charge in [0, 0.05) is 39.6 Å². The average Bonchev–Trinajstić information content (AvgIpc) is 1.59. The topological polar surface area (TPSA) is 114 Å². The van der Waals surface area contributed by atoms with Crippen LogP contribution in [-0.4, -0.2) is 39.6 Å². The van der Waals surface area contributed by atoms with Crippen LogP contribution < -0.4 is 103 Å². The summed E-state index contributed by atoms with van der Waals surface area (Å²) in [4.78, 5) is 25.6. The van der Waals surface area contributed by atoms with Crippen LogP contribution in [0.25, 0.3) is 0 Å². The summed E-state index contributed by atoms with van der Waals surface area (Å²) in [6.45, 7) is 19.6. The molecule has 11 heteroatoms. The van der Waals surface area contributed by atoms with E-state index in [4.69, 9.17) is 33.5 Å². The summed E-state index contributed by atoms with van der Waals surface area (Å²) in [6.07, 6.45) is 144. The zero-order chi connectivity index (χ0) is 84.7. The zero-order valence-electron chi connectivity index (χ0n) is 82.9. The SMILES string of the molecule is CCCCCCCC/C=C\CCCCCCCCOCCCCCCCC/C=C\CCCCCCCC.CCCCCCCC/C=C\CCCCCCCCOCCCCCCCC/C=C\CCCCCCCC.CCCCCCCC/C=C\CCCCCCCCOCCCCCCCC/C=C\CCCCCCCC.O=P([O-])([O-])[O-].[Na+].[Na+].[Na+]. The van der Waals surface area contributed by atoms with Gasteiger partial charge in [0.25, 0.3) is 0 Å². The molecule has 0 aliphatic rings. The fraction of sp³-hybridized carbons (Fsp3) is 0.889. The van der Waals surface area contributed by atoms with Crippen LogP contribution in [0.4, 0.5) is 0 Å². The van der Waals surface area contributed by atoms with Crippen molar-refractivity contribution in [2.75, 3.05) is 39.6 Å². The summed E-state index contributed by atoms with van der Waals surface area (Å²) in [7, 11) is -5.39. The molecule has 0 bridgehead atoms. The van der Waals surface area contributed by atoms with E-state index in [1.54, 1.807) is 0 Å². The second kappa shape index (κ2) is 133. The molecule has 0 aliphatic heterocycles. The summed E-state index contributed by atoms with van der Waals surface area (Å²) < 4.78 is 26.1. The molecule has 0 fully saturated rings. The Bertz CT molecular complexity index is 1580. The first-order valence-electron chi connectivity index (χ1n) is 52.6. The van der Waals surface area contributed by atoms with E-state index in [1.807, 2.05) is 0 Å². The number of rotatable bonds is 96. The largest absolute Gasteiger partial charge is 1.00 e. The van der Waals surface area contributed by atoms with E-state index in [1.165, 1.54) is 539 Å². The van der Waals surface area contributed by atoms with E-state index < -0.39 is 7.82 Å². The number of ether oxygens (including phenoxy) is 3. The summed E-state index contributed by atoms with van der Waals surface area (Å²) in [5.74, 6) is 0. The molecule has 0 amide bonds. The maximum atomic E-state index is 8.55. The number of unbranched alkanes of at least 4 members (excludes halogenated alkanes) is 72. The van der Waals surface area contributed by atoms with Crippen molar-refractivity contribution in [1.29, 1.82) is 0 Å². The molecular weight excluding hydrogens is 1510 g/mol. The maximum Gasteiger partial charge on any atom is 1.00 e. The second-order valence-electron chi connectivity index (χ2n) is 34.9. The van der Waals surface area contributed by atoms with Gasteiger partial charge in [-0.1, -0.05) is 461 Å². The molecule has 0 aromatic carbocycles. The van der Waals surface area contributed by atoms with Crippen molar-refractivity contribution in [3.05, 3.63) is 72.9 Å². The van der Waals surface area contributed by atoms with Gasteiger partial charge in [-0.25, -0.2) is 0 Å². The van der Waals surface area contributed by atoms with Crippen LogP contribution in [0.2, 0.25) is 0 Å². The molecule has 0 unspecified atom stereocenters. The van der Waals surface area contributed by atoms with E-state index in [-0.39, 0.29) is 88.7 Å². The molecule has 0 saturated carbocycles. The first-order valence-corrected chi connectivity index (χ1v) is 54.1. The third-order valence-corrected chi connectivity index (χ3v) is 22.8. The van der Waals surface area contributed by atoms with Gasteiger partial charge in [0.1, 0.15) is 0 Å². The van der Waals surface area contributed by atoms with Crippen molar-refractivity contribution < 1.29 is 122 Å². The van der Waals surface area contributed by atoms with E-state index in [0.717, 1.165) is 39.6 Å². The fourth-order valence-electron chi connectivity index (χ4n) is 15.0. The van der Waals surface area contributed by atoms with Gasteiger partial charge >= 0.3 is 88.7 Å². The molecule has 0 heterocycles. The van der Waals surface area contributed by atoms with Gasteiger partial charge in [-0.15, -0.1) is 0 Å². The Morgan fingerprint density at radius 2 is 0.227 bits per heavy atom. The first kappa shape index (κ1) is 134. The van der Waals surface area contributed by atoms with Crippen molar-refractivity contribution in [3.63, 3.8) is 0 Å². The minimum absolute atomic E-state index is 0. The predicted octanol–water partition coefficient (Wildman–Crippen LogP) is 27.4. The van der Waals surface area contributed by atoms with Gasteiger partial charge in [-0.3, -0.25) is 0 Å². The van der Waals surface area contributed by atoms with E-state index >= 15 is 0 Å². The summed E-state index contributed by atoms with van der Waals surface area (Å²) >= 11 is 0. The average molecular weight is 1720 g/mol. The van der Waals surface area contributed by atoms with Gasteiger partial charge in [0.05, 0.1) is 0 Å². The van der Waals surface area contributed by atoms with Crippen LogP contribution in [0.3, 0.4) is 0 Å². The van der Waals surface area contributed by atoms with E-state index in [9.17, 15) is 0 Å². The maximum absolute atomic E-state index is 8.55. The number of allylic oxidation sites excluding steroid dienone is 12. The van der Waals surface area contributed by atoms with Gasteiger partial charge < -0.3 is 33.5 Å². The molecule has 0 N–H and O–H groups in total. The second-order valence-corrected chi connectivity index (χ2v) is 35.8. The van der Waals surface area contributed by atoms with Crippen molar-refractivity contribution >= 4 is 7.82 Å². The fourth-order valence-corrected chi connectivity index (χ4v) is 15.0. The van der Waals surface area contributed by atoms with Crippen LogP contribution in [0.5, 0.6) is 0 Å². The predicted molar refractivity (Wildman–Crippen MR) is 517 cm³/mol. The van der Waals surface area contributed by atoms with Gasteiger partial charge in [-0.2, -0.15) is 7.82 Å². The van der Waals surface area contributed by atoms with Crippen molar-refractivity contribution in [2.24, 2.45) is 0 Å². The molecule has 0 saturated heterocycles. The monoisotopic (exact) mass is 1720 g/mol. The third kappa shape index (κ3) is 154. The Labute approximate surface area is 815 Å². The zero-order valence-corrected chi connectivity index (χ0v) is 89.8. The van der Waals surface area contributed by atoms with Gasteiger partial charge in [0.2, 0.25) is 0 Å². The van der Waals surface area contributed by atoms with E-state index in [0.29, 0.717) is 0 Å². The van der Waals surface area contributed by atoms with Crippen LogP contribution >= 0.6 is 7.82 Å². The van der Waals surface area contributed by atoms with Gasteiger partial charge in [-0.05, 0) is 193 Å². The summed E-state index contributed by atoms with van der Waals surface area (Å²) in [5.41, 5.74) is 0. The molecule has 0 radical (unpaired) electrons. The Kier molecular flexibility index (Phi) is 149. The van der Waals surface area contributed by atoms with Crippen molar-refractivity contribution in [3.8, 4) is 0 Å². The summed E-state index contributed by atoms with van der Waals surface area (Å²) in [5, 5.41) is 0. The molecule has 0 atom stereocenters. The molecule has 0 spiro atoms. The number of hydrogen-bond donors (Lipinski definition) is 0. The Balaban J connectivity index is -0.000000303. The normalized spacial score (nSPS) is 11.6. The van der Waals surface area contributed by atoms with Crippen molar-refractivity contribution in [1.82, 2.24) is 0 Å². The molecule has 0 rings (SSSR count). The Hall–Kier alpha value is 1.43. The number of hydrogen-bond acceptors (Lipinski definition) is 7. The van der Waals surface area contributed by atoms with Crippen LogP contribution in [-0.2, 0) is 18.8 Å². The van der Waals surface area contributed by atoms with Crippen LogP contribution in [0, 0.1) is 0 Å². The minimum Gasteiger partial charge on any atom is -0.822 e. The van der Waals surface area contributed by atoms with Gasteiger partial charge in [0.15, 0.2) is 0 Å². The summed E-state index contributed by atoms with van der Waals surface area (Å²) in [6, 6.07) is 0. The number of phosphoric acid groups is 1. The van der Waals surface area contributed by atoms with E-state index in [2.05, 4.69) is 114 Å². The molecule has 0 aromatic rings. The smallest absolute Gasteiger partial charge is 0.822 e. The Morgan fingerprint density at radius 3 is 0.319 bits per heavy atom. The standard InChI is InChI=1S/3C36H70O.3Na.H3O4P/c3*1-3-5-7-9-11-13-15-17-19-21-23-25-27-29-31-33-35-37-36-34-32-30-28-26-24-22-20-18-16-14-12-10-8-6-4-2;;;;1-5(2,3)4/h3*17-20H,3-16,21-36H2,1-2H3;;;;(H3,1,2,3,4)/q;;;3*+1;/p-3/b3*19-17-,20-18-;;;;. The van der Waals surface area contributed by atoms with Crippen LogP contribution in [0.15, 0.2) is 72.9 Å². The molecule has 0 aliphatic carbocycles. The van der Waals surface area contributed by atoms with Crippen LogP contribution in [0.1, 0.15) is 581 Å². The molecule has 7 nitrogen and oxygen atoms in total. The third-order valence-electron chi connectivity index (χ3n) is 22.8. The quantitative estimate of drug-likeness (QED) is 0.0258. The van der Waals surface area contributed by atoms with Crippen molar-refractivity contribution in [2.45, 2.75) is 581 Å². The minimum atomic E-state index is -5.39. The molecule has 119 heavy (non-hydrogen) atoms. The molecule has 0 aromatic heterocycles.